The molecule has 0 aromatic heterocycles. The molecule has 0 aromatic carbocycles. The molecule has 2 N–H and O–H groups in total. The first-order chi connectivity index (χ1) is 6.79. The Labute approximate surface area is 86.1 Å². The van der Waals surface area contributed by atoms with E-state index >= 15 is 0 Å². The third-order valence-corrected chi connectivity index (χ3v) is 3.32. The van der Waals surface area contributed by atoms with Crippen LogP contribution in [0.25, 0.3) is 0 Å². The van der Waals surface area contributed by atoms with Crippen LogP contribution in [0.1, 0.15) is 39.0 Å². The van der Waals surface area contributed by atoms with Crippen molar-refractivity contribution in [1.82, 2.24) is 5.32 Å². The van der Waals surface area contributed by atoms with Crippen LogP contribution >= 0.6 is 0 Å². The molecule has 14 heavy (non-hydrogen) atoms. The monoisotopic (exact) mass is 196 g/mol. The summed E-state index contributed by atoms with van der Waals surface area (Å²) in [6.07, 6.45) is 5.49. The minimum atomic E-state index is -0.365. The third kappa shape index (κ3) is 2.26. The zero-order chi connectivity index (χ0) is 10.4. The van der Waals surface area contributed by atoms with Gasteiger partial charge in [-0.2, -0.15) is 5.26 Å². The highest BCUT2D eigenvalue weighted by molar-refractivity contribution is 5.12. The SMILES string of the molecule is CCC1CCCCC1(C#N)NCCO. The number of β-amino-alcohol motifs (C(OH)–C–C–N with tert-alkyl or cyclic N) is 1. The number of nitrogens with one attached hydrogen (secondary N) is 1. The van der Waals surface area contributed by atoms with Gasteiger partial charge in [-0.25, -0.2) is 0 Å². The molecule has 0 aromatic rings. The second-order valence-electron chi connectivity index (χ2n) is 4.08. The van der Waals surface area contributed by atoms with E-state index in [4.69, 9.17) is 5.11 Å². The van der Waals surface area contributed by atoms with Crippen LogP contribution in [-0.2, 0) is 0 Å². The van der Waals surface area contributed by atoms with E-state index in [0.29, 0.717) is 12.5 Å². The van der Waals surface area contributed by atoms with E-state index in [1.807, 2.05) is 0 Å². The molecule has 80 valence electrons. The molecule has 0 heterocycles. The molecule has 1 aliphatic rings. The maximum atomic E-state index is 9.28. The number of nitrogens with zero attached hydrogens (tertiary/aromatic N) is 1. The van der Waals surface area contributed by atoms with Gasteiger partial charge >= 0.3 is 0 Å². The van der Waals surface area contributed by atoms with E-state index in [2.05, 4.69) is 18.3 Å². The van der Waals surface area contributed by atoms with Crippen LogP contribution in [0, 0.1) is 17.2 Å². The van der Waals surface area contributed by atoms with Crippen molar-refractivity contribution in [1.29, 1.82) is 5.26 Å². The summed E-state index contributed by atoms with van der Waals surface area (Å²) in [4.78, 5) is 0. The number of hydrogen-bond donors (Lipinski definition) is 2. The fourth-order valence-corrected chi connectivity index (χ4v) is 2.50. The number of aliphatic hydroxyl groups is 1. The van der Waals surface area contributed by atoms with Gasteiger partial charge < -0.3 is 5.11 Å². The summed E-state index contributed by atoms with van der Waals surface area (Å²) < 4.78 is 0. The summed E-state index contributed by atoms with van der Waals surface area (Å²) in [6, 6.07) is 2.43. The number of nitriles is 1. The first kappa shape index (κ1) is 11.5. The minimum Gasteiger partial charge on any atom is -0.395 e. The van der Waals surface area contributed by atoms with Crippen molar-refractivity contribution in [3.63, 3.8) is 0 Å². The number of aliphatic hydroxyl groups excluding tert-OH is 1. The first-order valence-corrected chi connectivity index (χ1v) is 5.56. The van der Waals surface area contributed by atoms with E-state index in [-0.39, 0.29) is 12.1 Å². The molecule has 3 nitrogen and oxygen atoms in total. The van der Waals surface area contributed by atoms with E-state index in [1.165, 1.54) is 6.42 Å². The standard InChI is InChI=1S/C11H20N2O/c1-2-10-5-3-4-6-11(10,9-12)13-7-8-14/h10,13-14H,2-8H2,1H3. The highest BCUT2D eigenvalue weighted by atomic mass is 16.3. The van der Waals surface area contributed by atoms with Gasteiger partial charge in [0.25, 0.3) is 0 Å². The number of hydrogen-bond acceptors (Lipinski definition) is 3. The number of rotatable bonds is 4. The molecule has 2 unspecified atom stereocenters. The quantitative estimate of drug-likeness (QED) is 0.715. The Hall–Kier alpha value is -0.590. The van der Waals surface area contributed by atoms with Crippen LogP contribution in [0.5, 0.6) is 0 Å². The molecule has 3 heteroatoms. The summed E-state index contributed by atoms with van der Waals surface area (Å²) in [5.41, 5.74) is -0.365. The average Bonchev–Trinajstić information content (AvgIpc) is 2.26. The molecular weight excluding hydrogens is 176 g/mol. The van der Waals surface area contributed by atoms with Crippen LogP contribution in [0.3, 0.4) is 0 Å². The van der Waals surface area contributed by atoms with Crippen LogP contribution in [0.15, 0.2) is 0 Å². The van der Waals surface area contributed by atoms with Gasteiger partial charge in [0.15, 0.2) is 0 Å². The van der Waals surface area contributed by atoms with Crippen molar-refractivity contribution in [2.45, 2.75) is 44.6 Å². The van der Waals surface area contributed by atoms with Gasteiger partial charge in [-0.15, -0.1) is 0 Å². The Morgan fingerprint density at radius 1 is 1.57 bits per heavy atom. The van der Waals surface area contributed by atoms with Gasteiger partial charge in [0.1, 0.15) is 5.54 Å². The minimum absolute atomic E-state index is 0.111. The molecule has 1 aliphatic carbocycles. The average molecular weight is 196 g/mol. The zero-order valence-electron chi connectivity index (χ0n) is 8.92. The van der Waals surface area contributed by atoms with Gasteiger partial charge in [0, 0.05) is 6.54 Å². The molecular formula is C11H20N2O. The highest BCUT2D eigenvalue weighted by Crippen LogP contribution is 2.35. The van der Waals surface area contributed by atoms with Crippen molar-refractivity contribution in [3.8, 4) is 6.07 Å². The largest absolute Gasteiger partial charge is 0.395 e. The molecule has 0 bridgehead atoms. The molecule has 2 atom stereocenters. The summed E-state index contributed by atoms with van der Waals surface area (Å²) in [7, 11) is 0. The van der Waals surface area contributed by atoms with E-state index < -0.39 is 0 Å². The Morgan fingerprint density at radius 3 is 2.93 bits per heavy atom. The van der Waals surface area contributed by atoms with Gasteiger partial charge in [0.2, 0.25) is 0 Å². The lowest BCUT2D eigenvalue weighted by Gasteiger charge is -2.39. The predicted molar refractivity (Wildman–Crippen MR) is 55.7 cm³/mol. The van der Waals surface area contributed by atoms with Crippen LogP contribution in [0.2, 0.25) is 0 Å². The Bertz CT molecular complexity index is 212. The van der Waals surface area contributed by atoms with Crippen LogP contribution < -0.4 is 5.32 Å². The van der Waals surface area contributed by atoms with Gasteiger partial charge in [-0.3, -0.25) is 5.32 Å². The first-order valence-electron chi connectivity index (χ1n) is 5.56. The second-order valence-corrected chi connectivity index (χ2v) is 4.08. The maximum absolute atomic E-state index is 9.28. The van der Waals surface area contributed by atoms with E-state index in [0.717, 1.165) is 25.7 Å². The van der Waals surface area contributed by atoms with Gasteiger partial charge in [-0.05, 0) is 18.8 Å². The van der Waals surface area contributed by atoms with Crippen molar-refractivity contribution < 1.29 is 5.11 Å². The van der Waals surface area contributed by atoms with E-state index in [1.54, 1.807) is 0 Å². The fraction of sp³-hybridized carbons (Fsp3) is 0.909. The Balaban J connectivity index is 2.67. The van der Waals surface area contributed by atoms with Crippen LogP contribution in [-0.4, -0.2) is 23.8 Å². The molecule has 1 fully saturated rings. The molecule has 0 amide bonds. The van der Waals surface area contributed by atoms with Crippen molar-refractivity contribution in [3.05, 3.63) is 0 Å². The lowest BCUT2D eigenvalue weighted by atomic mass is 9.72. The zero-order valence-corrected chi connectivity index (χ0v) is 8.92. The van der Waals surface area contributed by atoms with Crippen molar-refractivity contribution in [2.24, 2.45) is 5.92 Å². The van der Waals surface area contributed by atoms with Gasteiger partial charge in [0.05, 0.1) is 12.7 Å². The Morgan fingerprint density at radius 2 is 2.36 bits per heavy atom. The fourth-order valence-electron chi connectivity index (χ4n) is 2.50. The predicted octanol–water partition coefficient (Wildman–Crippen LogP) is 1.43. The molecule has 1 saturated carbocycles. The summed E-state index contributed by atoms with van der Waals surface area (Å²) in [5, 5.41) is 21.3. The highest BCUT2D eigenvalue weighted by Gasteiger charge is 2.39. The van der Waals surface area contributed by atoms with Crippen molar-refractivity contribution in [2.75, 3.05) is 13.2 Å². The molecule has 0 aliphatic heterocycles. The summed E-state index contributed by atoms with van der Waals surface area (Å²) >= 11 is 0. The van der Waals surface area contributed by atoms with E-state index in [9.17, 15) is 5.26 Å². The maximum Gasteiger partial charge on any atom is 0.109 e. The third-order valence-electron chi connectivity index (χ3n) is 3.32. The molecule has 0 radical (unpaired) electrons. The van der Waals surface area contributed by atoms with Gasteiger partial charge in [-0.1, -0.05) is 26.2 Å². The molecule has 1 rings (SSSR count). The Kier molecular flexibility index (Phi) is 4.37. The lowest BCUT2D eigenvalue weighted by molar-refractivity contribution is 0.176. The summed E-state index contributed by atoms with van der Waals surface area (Å²) in [5.74, 6) is 0.452. The second kappa shape index (κ2) is 5.33. The molecule has 0 saturated heterocycles. The topological polar surface area (TPSA) is 56.0 Å². The summed E-state index contributed by atoms with van der Waals surface area (Å²) in [6.45, 7) is 2.78. The van der Waals surface area contributed by atoms with Crippen molar-refractivity contribution >= 4 is 0 Å². The normalized spacial score (nSPS) is 32.5. The van der Waals surface area contributed by atoms with Crippen LogP contribution in [0.4, 0.5) is 0 Å². The smallest absolute Gasteiger partial charge is 0.109 e. The lowest BCUT2D eigenvalue weighted by Crippen LogP contribution is -2.52. The molecule has 0 spiro atoms.